The van der Waals surface area contributed by atoms with Gasteiger partial charge in [0.05, 0.1) is 3.79 Å². The van der Waals surface area contributed by atoms with Crippen molar-refractivity contribution in [3.63, 3.8) is 0 Å². The molecule has 1 saturated heterocycles. The van der Waals surface area contributed by atoms with Gasteiger partial charge in [0, 0.05) is 24.6 Å². The van der Waals surface area contributed by atoms with Crippen LogP contribution in [-0.4, -0.2) is 29.8 Å². The maximum Gasteiger partial charge on any atom is 0.324 e. The molecule has 0 unspecified atom stereocenters. The number of ether oxygens (including phenoxy) is 1. The molecule has 2 N–H and O–H groups in total. The third kappa shape index (κ3) is 2.93. The number of hydrogen-bond donors (Lipinski definition) is 2. The van der Waals surface area contributed by atoms with Gasteiger partial charge in [-0.2, -0.15) is 0 Å². The van der Waals surface area contributed by atoms with Crippen LogP contribution in [0.25, 0.3) is 0 Å². The molecule has 1 fully saturated rings. The van der Waals surface area contributed by atoms with Gasteiger partial charge in [-0.3, -0.25) is 10.1 Å². The average Bonchev–Trinajstić information content (AvgIpc) is 2.66. The summed E-state index contributed by atoms with van der Waals surface area (Å²) in [6, 6.07) is 2.05. The van der Waals surface area contributed by atoms with Crippen LogP contribution < -0.4 is 5.32 Å². The molecule has 0 aromatic carbocycles. The molecular formula is C12H16BrNO3S. The molecule has 2 heterocycles. The molecule has 2 rings (SSSR count). The zero-order valence-corrected chi connectivity index (χ0v) is 12.6. The van der Waals surface area contributed by atoms with Crippen LogP contribution in [-0.2, 0) is 16.1 Å². The number of thiophene rings is 1. The van der Waals surface area contributed by atoms with Gasteiger partial charge < -0.3 is 9.84 Å². The third-order valence-electron chi connectivity index (χ3n) is 3.33. The van der Waals surface area contributed by atoms with Gasteiger partial charge in [0.2, 0.25) is 0 Å². The van der Waals surface area contributed by atoms with E-state index in [1.807, 2.05) is 6.92 Å². The molecule has 100 valence electrons. The van der Waals surface area contributed by atoms with Crippen molar-refractivity contribution in [2.75, 3.05) is 13.2 Å². The highest BCUT2D eigenvalue weighted by Gasteiger charge is 2.39. The van der Waals surface area contributed by atoms with E-state index in [4.69, 9.17) is 4.74 Å². The number of carboxylic acids is 1. The molecule has 0 spiro atoms. The van der Waals surface area contributed by atoms with Crippen LogP contribution in [0.3, 0.4) is 0 Å². The summed E-state index contributed by atoms with van der Waals surface area (Å²) >= 11 is 5.09. The number of carbonyl (C=O) groups is 1. The van der Waals surface area contributed by atoms with Gasteiger partial charge >= 0.3 is 5.97 Å². The summed E-state index contributed by atoms with van der Waals surface area (Å²) in [5.74, 6) is -0.779. The van der Waals surface area contributed by atoms with Gasteiger partial charge in [0.15, 0.2) is 0 Å². The smallest absolute Gasteiger partial charge is 0.324 e. The first-order chi connectivity index (χ1) is 8.53. The van der Waals surface area contributed by atoms with Crippen LogP contribution in [0.15, 0.2) is 9.85 Å². The second-order valence-corrected chi connectivity index (χ2v) is 7.03. The van der Waals surface area contributed by atoms with Crippen LogP contribution in [0.5, 0.6) is 0 Å². The Hall–Kier alpha value is -0.430. The summed E-state index contributed by atoms with van der Waals surface area (Å²) in [4.78, 5) is 12.6. The van der Waals surface area contributed by atoms with Crippen molar-refractivity contribution >= 4 is 33.2 Å². The Morgan fingerprint density at radius 2 is 2.28 bits per heavy atom. The number of nitrogens with one attached hydrogen (secondary N) is 1. The molecule has 0 bridgehead atoms. The van der Waals surface area contributed by atoms with Gasteiger partial charge in [0.1, 0.15) is 5.54 Å². The highest BCUT2D eigenvalue weighted by atomic mass is 79.9. The lowest BCUT2D eigenvalue weighted by Crippen LogP contribution is -2.55. The number of carboxylic acid groups (broad SMARTS) is 1. The van der Waals surface area contributed by atoms with Crippen LogP contribution in [0.1, 0.15) is 23.3 Å². The summed E-state index contributed by atoms with van der Waals surface area (Å²) in [6.45, 7) is 3.64. The number of rotatable bonds is 4. The van der Waals surface area contributed by atoms with E-state index in [1.165, 1.54) is 10.4 Å². The number of hydrogen-bond acceptors (Lipinski definition) is 4. The SMILES string of the molecule is Cc1cc(Br)sc1CNC1(C(=O)O)CCOCC1. The number of aryl methyl sites for hydroxylation is 1. The lowest BCUT2D eigenvalue weighted by molar-refractivity contribution is -0.149. The van der Waals surface area contributed by atoms with Gasteiger partial charge in [-0.1, -0.05) is 0 Å². The monoisotopic (exact) mass is 333 g/mol. The van der Waals surface area contributed by atoms with Crippen molar-refractivity contribution in [2.45, 2.75) is 31.8 Å². The standard InChI is InChI=1S/C12H16BrNO3S/c1-8-6-10(13)18-9(8)7-14-12(11(15)16)2-4-17-5-3-12/h6,14H,2-5,7H2,1H3,(H,15,16). The highest BCUT2D eigenvalue weighted by Crippen LogP contribution is 2.28. The van der Waals surface area contributed by atoms with E-state index in [0.717, 1.165) is 3.79 Å². The Labute approximate surface area is 118 Å². The predicted molar refractivity (Wildman–Crippen MR) is 74.0 cm³/mol. The minimum atomic E-state index is -0.832. The van der Waals surface area contributed by atoms with E-state index in [9.17, 15) is 9.90 Å². The minimum Gasteiger partial charge on any atom is -0.480 e. The molecular weight excluding hydrogens is 318 g/mol. The Bertz CT molecular complexity index is 441. The van der Waals surface area contributed by atoms with Crippen LogP contribution >= 0.6 is 27.3 Å². The van der Waals surface area contributed by atoms with Gasteiger partial charge in [-0.25, -0.2) is 0 Å². The zero-order valence-electron chi connectivity index (χ0n) is 10.2. The van der Waals surface area contributed by atoms with E-state index in [-0.39, 0.29) is 0 Å². The van der Waals surface area contributed by atoms with Gasteiger partial charge in [-0.15, -0.1) is 11.3 Å². The molecule has 4 nitrogen and oxygen atoms in total. The van der Waals surface area contributed by atoms with E-state index in [2.05, 4.69) is 27.3 Å². The lowest BCUT2D eigenvalue weighted by Gasteiger charge is -2.34. The minimum absolute atomic E-state index is 0.506. The molecule has 1 aromatic rings. The van der Waals surface area contributed by atoms with Crippen molar-refractivity contribution in [3.05, 3.63) is 20.3 Å². The summed E-state index contributed by atoms with van der Waals surface area (Å²) in [5, 5.41) is 12.6. The molecule has 0 amide bonds. The third-order valence-corrected chi connectivity index (χ3v) is 5.07. The van der Waals surface area contributed by atoms with E-state index in [0.29, 0.717) is 32.6 Å². The zero-order chi connectivity index (χ0) is 13.2. The molecule has 6 heteroatoms. The lowest BCUT2D eigenvalue weighted by atomic mass is 9.90. The second-order valence-electron chi connectivity index (χ2n) is 4.51. The van der Waals surface area contributed by atoms with Gasteiger partial charge in [0.25, 0.3) is 0 Å². The first-order valence-electron chi connectivity index (χ1n) is 5.84. The molecule has 1 aliphatic rings. The predicted octanol–water partition coefficient (Wildman–Crippen LogP) is 2.54. The van der Waals surface area contributed by atoms with E-state index >= 15 is 0 Å². The second kappa shape index (κ2) is 5.69. The Morgan fingerprint density at radius 1 is 1.61 bits per heavy atom. The summed E-state index contributed by atoms with van der Waals surface area (Å²) < 4.78 is 6.32. The average molecular weight is 334 g/mol. The van der Waals surface area contributed by atoms with Crippen molar-refractivity contribution in [1.82, 2.24) is 5.32 Å². The summed E-state index contributed by atoms with van der Waals surface area (Å²) in [7, 11) is 0. The number of halogens is 1. The highest BCUT2D eigenvalue weighted by molar-refractivity contribution is 9.11. The molecule has 0 aliphatic carbocycles. The van der Waals surface area contributed by atoms with Crippen LogP contribution in [0.4, 0.5) is 0 Å². The van der Waals surface area contributed by atoms with Crippen molar-refractivity contribution in [1.29, 1.82) is 0 Å². The molecule has 0 radical (unpaired) electrons. The topological polar surface area (TPSA) is 58.6 Å². The molecule has 0 saturated carbocycles. The molecule has 0 atom stereocenters. The fourth-order valence-corrected chi connectivity index (χ4v) is 3.85. The maximum absolute atomic E-state index is 11.5. The fraction of sp³-hybridized carbons (Fsp3) is 0.583. The van der Waals surface area contributed by atoms with E-state index in [1.54, 1.807) is 11.3 Å². The van der Waals surface area contributed by atoms with Crippen molar-refractivity contribution in [2.24, 2.45) is 0 Å². The first-order valence-corrected chi connectivity index (χ1v) is 7.45. The van der Waals surface area contributed by atoms with Crippen LogP contribution in [0.2, 0.25) is 0 Å². The van der Waals surface area contributed by atoms with Crippen molar-refractivity contribution in [3.8, 4) is 0 Å². The fourth-order valence-electron chi connectivity index (χ4n) is 2.09. The summed E-state index contributed by atoms with van der Waals surface area (Å²) in [5.41, 5.74) is 0.355. The maximum atomic E-state index is 11.5. The Morgan fingerprint density at radius 3 is 2.78 bits per heavy atom. The molecule has 1 aliphatic heterocycles. The Balaban J connectivity index is 2.06. The number of aliphatic carboxylic acids is 1. The normalized spacial score (nSPS) is 18.8. The van der Waals surface area contributed by atoms with Gasteiger partial charge in [-0.05, 0) is 47.3 Å². The van der Waals surface area contributed by atoms with E-state index < -0.39 is 11.5 Å². The van der Waals surface area contributed by atoms with Crippen LogP contribution in [0, 0.1) is 6.92 Å². The molecule has 1 aromatic heterocycles. The largest absolute Gasteiger partial charge is 0.480 e. The Kier molecular flexibility index (Phi) is 4.42. The van der Waals surface area contributed by atoms with Crippen molar-refractivity contribution < 1.29 is 14.6 Å². The molecule has 18 heavy (non-hydrogen) atoms. The summed E-state index contributed by atoms with van der Waals surface area (Å²) in [6.07, 6.45) is 1.04. The first kappa shape index (κ1) is 14.0. The quantitative estimate of drug-likeness (QED) is 0.888.